The third-order valence-corrected chi connectivity index (χ3v) is 2.71. The van der Waals surface area contributed by atoms with Gasteiger partial charge in [-0.2, -0.15) is 0 Å². The van der Waals surface area contributed by atoms with Crippen LogP contribution in [0.25, 0.3) is 0 Å². The number of hydrogen-bond donors (Lipinski definition) is 2. The van der Waals surface area contributed by atoms with Gasteiger partial charge in [0.1, 0.15) is 0 Å². The maximum absolute atomic E-state index is 9.11. The molecule has 2 N–H and O–H groups in total. The first-order chi connectivity index (χ1) is 7.79. The third kappa shape index (κ3) is 21.7. The summed E-state index contributed by atoms with van der Waals surface area (Å²) in [5, 5.41) is 17.9. The summed E-state index contributed by atoms with van der Waals surface area (Å²) in [5.41, 5.74) is 0. The van der Waals surface area contributed by atoms with Crippen molar-refractivity contribution in [2.45, 2.75) is 85.9 Å². The fourth-order valence-electron chi connectivity index (χ4n) is 1.30. The van der Waals surface area contributed by atoms with Crippen molar-refractivity contribution in [1.29, 1.82) is 0 Å². The van der Waals surface area contributed by atoms with Crippen LogP contribution in [0.3, 0.4) is 0 Å². The molecule has 2 atom stereocenters. The first-order valence-electron chi connectivity index (χ1n) is 7.15. The van der Waals surface area contributed by atoms with Gasteiger partial charge in [-0.25, -0.2) is 0 Å². The highest BCUT2D eigenvalue weighted by Crippen LogP contribution is 2.08. The lowest BCUT2D eigenvalue weighted by molar-refractivity contribution is 0.152. The Bertz CT molecular complexity index is 134. The standard InChI is InChI=1S/C8H18O.C7H16O/c1-4-8(9)6-5-7(2)3;1-6(2)4-5-7(3)8/h7-9H,4-6H2,1-3H3;6-8H,4-5H2,1-3H3. The van der Waals surface area contributed by atoms with Crippen molar-refractivity contribution in [2.75, 3.05) is 0 Å². The summed E-state index contributed by atoms with van der Waals surface area (Å²) in [6.07, 6.45) is 4.91. The van der Waals surface area contributed by atoms with Gasteiger partial charge in [-0.15, -0.1) is 0 Å². The molecule has 0 aliphatic rings. The molecule has 0 aromatic rings. The van der Waals surface area contributed by atoms with Crippen molar-refractivity contribution < 1.29 is 10.2 Å². The van der Waals surface area contributed by atoms with Crippen molar-refractivity contribution in [3.8, 4) is 0 Å². The van der Waals surface area contributed by atoms with Crippen molar-refractivity contribution in [3.63, 3.8) is 0 Å². The number of hydrogen-bond acceptors (Lipinski definition) is 2. The predicted molar refractivity (Wildman–Crippen MR) is 76.1 cm³/mol. The van der Waals surface area contributed by atoms with Gasteiger partial charge in [0.05, 0.1) is 12.2 Å². The van der Waals surface area contributed by atoms with E-state index in [1.165, 1.54) is 0 Å². The van der Waals surface area contributed by atoms with Crippen LogP contribution in [0.5, 0.6) is 0 Å². The molecule has 0 fully saturated rings. The van der Waals surface area contributed by atoms with Crippen LogP contribution < -0.4 is 0 Å². The highest BCUT2D eigenvalue weighted by molar-refractivity contribution is 4.54. The summed E-state index contributed by atoms with van der Waals surface area (Å²) >= 11 is 0. The molecule has 0 aromatic heterocycles. The molecule has 0 saturated heterocycles. The molecular weight excluding hydrogens is 212 g/mol. The zero-order chi connectivity index (χ0) is 13.8. The minimum atomic E-state index is -0.114. The fraction of sp³-hybridized carbons (Fsp3) is 1.00. The van der Waals surface area contributed by atoms with Crippen LogP contribution in [0.4, 0.5) is 0 Å². The average molecular weight is 246 g/mol. The van der Waals surface area contributed by atoms with Crippen LogP contribution in [-0.4, -0.2) is 22.4 Å². The van der Waals surface area contributed by atoms with E-state index in [-0.39, 0.29) is 12.2 Å². The van der Waals surface area contributed by atoms with Gasteiger partial charge in [0.25, 0.3) is 0 Å². The zero-order valence-corrected chi connectivity index (χ0v) is 12.7. The van der Waals surface area contributed by atoms with Gasteiger partial charge in [-0.1, -0.05) is 34.6 Å². The maximum atomic E-state index is 9.11. The normalized spacial score (nSPS) is 14.5. The van der Waals surface area contributed by atoms with Crippen LogP contribution in [0, 0.1) is 11.8 Å². The lowest BCUT2D eigenvalue weighted by Gasteiger charge is -2.08. The Kier molecular flexibility index (Phi) is 14.0. The van der Waals surface area contributed by atoms with Crippen LogP contribution >= 0.6 is 0 Å². The molecule has 2 heteroatoms. The van der Waals surface area contributed by atoms with E-state index in [4.69, 9.17) is 10.2 Å². The Morgan fingerprint density at radius 1 is 0.706 bits per heavy atom. The highest BCUT2D eigenvalue weighted by atomic mass is 16.3. The first-order valence-corrected chi connectivity index (χ1v) is 7.15. The second-order valence-corrected chi connectivity index (χ2v) is 5.85. The van der Waals surface area contributed by atoms with Gasteiger partial charge in [0, 0.05) is 0 Å². The second kappa shape index (κ2) is 12.4. The average Bonchev–Trinajstić information content (AvgIpc) is 2.23. The van der Waals surface area contributed by atoms with E-state index >= 15 is 0 Å². The molecule has 2 unspecified atom stereocenters. The van der Waals surface area contributed by atoms with Crippen molar-refractivity contribution in [2.24, 2.45) is 11.8 Å². The number of aliphatic hydroxyl groups is 2. The lowest BCUT2D eigenvalue weighted by atomic mass is 10.0. The Morgan fingerprint density at radius 2 is 1.12 bits per heavy atom. The monoisotopic (exact) mass is 246 g/mol. The van der Waals surface area contributed by atoms with E-state index in [2.05, 4.69) is 27.7 Å². The molecule has 0 saturated carbocycles. The summed E-state index contributed by atoms with van der Waals surface area (Å²) in [5.74, 6) is 1.45. The van der Waals surface area contributed by atoms with E-state index in [1.54, 1.807) is 0 Å². The Balaban J connectivity index is 0. The molecule has 0 aliphatic heterocycles. The fourth-order valence-corrected chi connectivity index (χ4v) is 1.30. The molecule has 17 heavy (non-hydrogen) atoms. The number of rotatable bonds is 7. The molecule has 0 bridgehead atoms. The van der Waals surface area contributed by atoms with E-state index in [9.17, 15) is 0 Å². The second-order valence-electron chi connectivity index (χ2n) is 5.85. The first kappa shape index (κ1) is 19.3. The minimum Gasteiger partial charge on any atom is -0.393 e. The summed E-state index contributed by atoms with van der Waals surface area (Å²) in [6.45, 7) is 12.6. The summed E-state index contributed by atoms with van der Waals surface area (Å²) < 4.78 is 0. The Hall–Kier alpha value is -0.0800. The lowest BCUT2D eigenvalue weighted by Crippen LogP contribution is -2.05. The molecule has 0 aliphatic carbocycles. The van der Waals surface area contributed by atoms with Crippen LogP contribution in [0.15, 0.2) is 0 Å². The van der Waals surface area contributed by atoms with E-state index in [0.29, 0.717) is 0 Å². The third-order valence-electron chi connectivity index (χ3n) is 2.71. The largest absolute Gasteiger partial charge is 0.393 e. The van der Waals surface area contributed by atoms with Gasteiger partial charge >= 0.3 is 0 Å². The minimum absolute atomic E-state index is 0.0626. The topological polar surface area (TPSA) is 40.5 Å². The molecule has 0 spiro atoms. The molecule has 0 heterocycles. The summed E-state index contributed by atoms with van der Waals surface area (Å²) in [6, 6.07) is 0. The van der Waals surface area contributed by atoms with Gasteiger partial charge in [-0.05, 0) is 50.9 Å². The molecule has 0 radical (unpaired) electrons. The summed E-state index contributed by atoms with van der Waals surface area (Å²) in [7, 11) is 0. The predicted octanol–water partition coefficient (Wildman–Crippen LogP) is 4.00. The smallest absolute Gasteiger partial charge is 0.0537 e. The van der Waals surface area contributed by atoms with Gasteiger partial charge in [0.15, 0.2) is 0 Å². The van der Waals surface area contributed by atoms with Crippen molar-refractivity contribution in [3.05, 3.63) is 0 Å². The van der Waals surface area contributed by atoms with E-state index < -0.39 is 0 Å². The van der Waals surface area contributed by atoms with E-state index in [1.807, 2.05) is 13.8 Å². The molecule has 0 aromatic carbocycles. The van der Waals surface area contributed by atoms with Gasteiger partial charge in [-0.3, -0.25) is 0 Å². The highest BCUT2D eigenvalue weighted by Gasteiger charge is 2.01. The molecule has 0 rings (SSSR count). The number of aliphatic hydroxyl groups excluding tert-OH is 2. The van der Waals surface area contributed by atoms with Gasteiger partial charge in [0.2, 0.25) is 0 Å². The Labute approximate surface area is 108 Å². The van der Waals surface area contributed by atoms with Crippen LogP contribution in [0.1, 0.15) is 73.6 Å². The Morgan fingerprint density at radius 3 is 1.35 bits per heavy atom. The SMILES string of the molecule is CC(C)CCC(C)O.CCC(O)CCC(C)C. The molecule has 2 nitrogen and oxygen atoms in total. The zero-order valence-electron chi connectivity index (χ0n) is 12.7. The van der Waals surface area contributed by atoms with E-state index in [0.717, 1.165) is 43.9 Å². The maximum Gasteiger partial charge on any atom is 0.0537 e. The summed E-state index contributed by atoms with van der Waals surface area (Å²) in [4.78, 5) is 0. The molecular formula is C15H34O2. The quantitative estimate of drug-likeness (QED) is 0.713. The van der Waals surface area contributed by atoms with Crippen molar-refractivity contribution >= 4 is 0 Å². The molecule has 0 amide bonds. The van der Waals surface area contributed by atoms with Crippen LogP contribution in [0.2, 0.25) is 0 Å². The van der Waals surface area contributed by atoms with Crippen molar-refractivity contribution in [1.82, 2.24) is 0 Å². The van der Waals surface area contributed by atoms with Crippen LogP contribution in [-0.2, 0) is 0 Å². The van der Waals surface area contributed by atoms with Gasteiger partial charge < -0.3 is 10.2 Å². The molecule has 106 valence electrons.